The van der Waals surface area contributed by atoms with E-state index >= 15 is 0 Å². The topological polar surface area (TPSA) is 38.0 Å². The van der Waals surface area contributed by atoms with Crippen molar-refractivity contribution >= 4 is 17.0 Å². The molecule has 1 aromatic heterocycles. The molecule has 15 heavy (non-hydrogen) atoms. The molecule has 0 radical (unpaired) electrons. The minimum Gasteiger partial charge on any atom is -0.399 e. The van der Waals surface area contributed by atoms with E-state index in [0.717, 1.165) is 5.69 Å². The maximum Gasteiger partial charge on any atom is 0.0669 e. The van der Waals surface area contributed by atoms with Gasteiger partial charge in [-0.1, -0.05) is 18.2 Å². The largest absolute Gasteiger partial charge is 0.399 e. The van der Waals surface area contributed by atoms with Gasteiger partial charge in [0, 0.05) is 10.6 Å². The second kappa shape index (κ2) is 4.47. The van der Waals surface area contributed by atoms with Crippen LogP contribution in [0.1, 0.15) is 16.5 Å². The number of hydrogen-bond donors (Lipinski definition) is 2. The maximum absolute atomic E-state index is 5.78. The zero-order chi connectivity index (χ0) is 10.7. The fraction of sp³-hybridized carbons (Fsp3) is 0.167. The highest BCUT2D eigenvalue weighted by atomic mass is 32.1. The summed E-state index contributed by atoms with van der Waals surface area (Å²) in [7, 11) is 1.97. The summed E-state index contributed by atoms with van der Waals surface area (Å²) in [5.41, 5.74) is 7.80. The van der Waals surface area contributed by atoms with Crippen molar-refractivity contribution in [1.82, 2.24) is 5.32 Å². The van der Waals surface area contributed by atoms with E-state index in [1.807, 2.05) is 25.2 Å². The minimum absolute atomic E-state index is 0.244. The van der Waals surface area contributed by atoms with Crippen LogP contribution >= 0.6 is 11.3 Å². The Balaban J connectivity index is 2.35. The normalized spacial score (nSPS) is 12.6. The van der Waals surface area contributed by atoms with Crippen LogP contribution in [0.5, 0.6) is 0 Å². The lowest BCUT2D eigenvalue weighted by Gasteiger charge is -2.15. The monoisotopic (exact) mass is 218 g/mol. The van der Waals surface area contributed by atoms with Crippen molar-refractivity contribution < 1.29 is 0 Å². The van der Waals surface area contributed by atoms with Crippen LogP contribution < -0.4 is 11.1 Å². The highest BCUT2D eigenvalue weighted by molar-refractivity contribution is 7.10. The molecule has 2 nitrogen and oxygen atoms in total. The average Bonchev–Trinajstić information content (AvgIpc) is 2.72. The summed E-state index contributed by atoms with van der Waals surface area (Å²) in [6.45, 7) is 0. The molecule has 3 heteroatoms. The number of rotatable bonds is 3. The van der Waals surface area contributed by atoms with Gasteiger partial charge in [-0.05, 0) is 36.2 Å². The number of nitrogens with two attached hydrogens (primary N) is 1. The van der Waals surface area contributed by atoms with Crippen LogP contribution in [0.3, 0.4) is 0 Å². The van der Waals surface area contributed by atoms with Gasteiger partial charge >= 0.3 is 0 Å². The third kappa shape index (κ3) is 2.19. The van der Waals surface area contributed by atoms with Gasteiger partial charge in [0.1, 0.15) is 0 Å². The molecule has 2 rings (SSSR count). The Hall–Kier alpha value is -1.32. The number of nitrogen functional groups attached to an aromatic ring is 1. The van der Waals surface area contributed by atoms with Gasteiger partial charge in [-0.2, -0.15) is 0 Å². The second-order valence-corrected chi connectivity index (χ2v) is 4.39. The van der Waals surface area contributed by atoms with Crippen molar-refractivity contribution in [1.29, 1.82) is 0 Å². The Morgan fingerprint density at radius 1 is 1.27 bits per heavy atom. The van der Waals surface area contributed by atoms with Gasteiger partial charge in [0.25, 0.3) is 0 Å². The van der Waals surface area contributed by atoms with Crippen molar-refractivity contribution in [2.75, 3.05) is 12.8 Å². The third-order valence-electron chi connectivity index (χ3n) is 2.36. The summed E-state index contributed by atoms with van der Waals surface area (Å²) < 4.78 is 0. The summed E-state index contributed by atoms with van der Waals surface area (Å²) in [4.78, 5) is 1.31. The quantitative estimate of drug-likeness (QED) is 0.777. The van der Waals surface area contributed by atoms with E-state index in [1.54, 1.807) is 11.3 Å². The minimum atomic E-state index is 0.244. The van der Waals surface area contributed by atoms with E-state index in [9.17, 15) is 0 Å². The first kappa shape index (κ1) is 10.2. The Labute approximate surface area is 93.7 Å². The van der Waals surface area contributed by atoms with Crippen LogP contribution in [0.25, 0.3) is 0 Å². The van der Waals surface area contributed by atoms with Crippen molar-refractivity contribution in [3.05, 3.63) is 52.2 Å². The molecular formula is C12H14N2S. The van der Waals surface area contributed by atoms with E-state index in [-0.39, 0.29) is 6.04 Å². The molecule has 1 aromatic carbocycles. The number of thiophene rings is 1. The van der Waals surface area contributed by atoms with E-state index in [1.165, 1.54) is 10.4 Å². The Bertz CT molecular complexity index is 423. The van der Waals surface area contributed by atoms with Gasteiger partial charge in [-0.15, -0.1) is 11.3 Å². The second-order valence-electron chi connectivity index (χ2n) is 3.41. The summed E-state index contributed by atoms with van der Waals surface area (Å²) in [6.07, 6.45) is 0. The van der Waals surface area contributed by atoms with Crippen LogP contribution in [-0.2, 0) is 0 Å². The van der Waals surface area contributed by atoms with Gasteiger partial charge in [0.05, 0.1) is 6.04 Å². The lowest BCUT2D eigenvalue weighted by atomic mass is 10.1. The number of anilines is 1. The lowest BCUT2D eigenvalue weighted by Crippen LogP contribution is -2.16. The summed E-state index contributed by atoms with van der Waals surface area (Å²) >= 11 is 1.75. The van der Waals surface area contributed by atoms with Gasteiger partial charge < -0.3 is 11.1 Å². The number of hydrogen-bond acceptors (Lipinski definition) is 3. The molecule has 0 amide bonds. The van der Waals surface area contributed by atoms with Crippen LogP contribution in [0.4, 0.5) is 5.69 Å². The standard InChI is InChI=1S/C12H14N2S/c1-14-12(11-6-3-7-15-11)9-4-2-5-10(13)8-9/h2-8,12,14H,13H2,1H3. The molecule has 78 valence electrons. The smallest absolute Gasteiger partial charge is 0.0669 e. The first-order valence-corrected chi connectivity index (χ1v) is 5.75. The molecule has 0 saturated heterocycles. The molecule has 0 aliphatic heterocycles. The molecule has 0 bridgehead atoms. The van der Waals surface area contributed by atoms with Crippen LogP contribution in [-0.4, -0.2) is 7.05 Å². The number of benzene rings is 1. The maximum atomic E-state index is 5.78. The molecule has 0 fully saturated rings. The molecule has 2 aromatic rings. The third-order valence-corrected chi connectivity index (χ3v) is 3.30. The van der Waals surface area contributed by atoms with Crippen molar-refractivity contribution in [3.8, 4) is 0 Å². The molecule has 0 aliphatic carbocycles. The van der Waals surface area contributed by atoms with Gasteiger partial charge in [0.2, 0.25) is 0 Å². The van der Waals surface area contributed by atoms with Crippen molar-refractivity contribution in [2.45, 2.75) is 6.04 Å². The number of nitrogens with one attached hydrogen (secondary N) is 1. The highest BCUT2D eigenvalue weighted by Crippen LogP contribution is 2.26. The Morgan fingerprint density at radius 2 is 2.13 bits per heavy atom. The van der Waals surface area contributed by atoms with E-state index in [0.29, 0.717) is 0 Å². The SMILES string of the molecule is CNC(c1cccc(N)c1)c1cccs1. The molecule has 1 unspecified atom stereocenters. The van der Waals surface area contributed by atoms with Crippen LogP contribution in [0.15, 0.2) is 41.8 Å². The molecule has 0 spiro atoms. The summed E-state index contributed by atoms with van der Waals surface area (Å²) in [6, 6.07) is 12.4. The van der Waals surface area contributed by atoms with Crippen LogP contribution in [0, 0.1) is 0 Å². The highest BCUT2D eigenvalue weighted by Gasteiger charge is 2.12. The first-order valence-electron chi connectivity index (χ1n) is 4.87. The fourth-order valence-electron chi connectivity index (χ4n) is 1.67. The van der Waals surface area contributed by atoms with E-state index < -0.39 is 0 Å². The first-order chi connectivity index (χ1) is 7.31. The van der Waals surface area contributed by atoms with Crippen molar-refractivity contribution in [2.24, 2.45) is 0 Å². The summed E-state index contributed by atoms with van der Waals surface area (Å²) in [5, 5.41) is 5.39. The van der Waals surface area contributed by atoms with Crippen molar-refractivity contribution in [3.63, 3.8) is 0 Å². The van der Waals surface area contributed by atoms with Gasteiger partial charge in [0.15, 0.2) is 0 Å². The van der Waals surface area contributed by atoms with E-state index in [2.05, 4.69) is 28.9 Å². The molecular weight excluding hydrogens is 204 g/mol. The Morgan fingerprint density at radius 3 is 2.73 bits per heavy atom. The molecule has 0 aliphatic rings. The molecule has 1 heterocycles. The predicted molar refractivity (Wildman–Crippen MR) is 66.1 cm³/mol. The van der Waals surface area contributed by atoms with Crippen LogP contribution in [0.2, 0.25) is 0 Å². The molecule has 1 atom stereocenters. The molecule has 0 saturated carbocycles. The molecule has 3 N–H and O–H groups in total. The predicted octanol–water partition coefficient (Wildman–Crippen LogP) is 2.64. The van der Waals surface area contributed by atoms with Gasteiger partial charge in [-0.3, -0.25) is 0 Å². The van der Waals surface area contributed by atoms with Gasteiger partial charge in [-0.25, -0.2) is 0 Å². The fourth-order valence-corrected chi connectivity index (χ4v) is 2.53. The Kier molecular flexibility index (Phi) is 3.04. The lowest BCUT2D eigenvalue weighted by molar-refractivity contribution is 0.704. The summed E-state index contributed by atoms with van der Waals surface area (Å²) in [5.74, 6) is 0. The zero-order valence-electron chi connectivity index (χ0n) is 8.60. The van der Waals surface area contributed by atoms with E-state index in [4.69, 9.17) is 5.73 Å². The zero-order valence-corrected chi connectivity index (χ0v) is 9.42. The average molecular weight is 218 g/mol.